The number of benzene rings is 1. The van der Waals surface area contributed by atoms with E-state index in [9.17, 15) is 0 Å². The minimum Gasteiger partial charge on any atom is -0.438 e. The molecule has 0 atom stereocenters. The molecule has 0 saturated heterocycles. The quantitative estimate of drug-likeness (QED) is 0.747. The maximum absolute atomic E-state index is 6.09. The predicted octanol–water partition coefficient (Wildman–Crippen LogP) is 4.86. The molecule has 0 N–H and O–H groups in total. The number of ether oxygens (including phenoxy) is 1. The molecule has 1 aromatic carbocycles. The van der Waals surface area contributed by atoms with Crippen molar-refractivity contribution in [2.75, 3.05) is 0 Å². The summed E-state index contributed by atoms with van der Waals surface area (Å²) in [4.78, 5) is 8.58. The first-order valence-electron chi connectivity index (χ1n) is 5.98. The van der Waals surface area contributed by atoms with E-state index < -0.39 is 0 Å². The van der Waals surface area contributed by atoms with Gasteiger partial charge < -0.3 is 4.74 Å². The summed E-state index contributed by atoms with van der Waals surface area (Å²) in [6, 6.07) is 5.87. The highest BCUT2D eigenvalue weighted by molar-refractivity contribution is 9.10. The fraction of sp³-hybridized carbons (Fsp3) is 0.286. The largest absolute Gasteiger partial charge is 0.438 e. The molecule has 2 aromatic rings. The zero-order valence-electron chi connectivity index (χ0n) is 11.0. The maximum atomic E-state index is 6.09. The van der Waals surface area contributed by atoms with E-state index >= 15 is 0 Å². The van der Waals surface area contributed by atoms with Crippen LogP contribution in [0.1, 0.15) is 23.9 Å². The molecular weight excluding hydrogens is 328 g/mol. The predicted molar refractivity (Wildman–Crippen MR) is 80.1 cm³/mol. The van der Waals surface area contributed by atoms with E-state index in [4.69, 9.17) is 16.3 Å². The van der Waals surface area contributed by atoms with Gasteiger partial charge >= 0.3 is 0 Å². The summed E-state index contributed by atoms with van der Waals surface area (Å²) < 4.78 is 6.84. The summed E-state index contributed by atoms with van der Waals surface area (Å²) in [6.07, 6.45) is 0.716. The van der Waals surface area contributed by atoms with Crippen LogP contribution in [0.3, 0.4) is 0 Å². The van der Waals surface area contributed by atoms with Crippen LogP contribution in [-0.2, 0) is 6.42 Å². The van der Waals surface area contributed by atoms with Crippen molar-refractivity contribution in [1.29, 1.82) is 0 Å². The van der Waals surface area contributed by atoms with Crippen molar-refractivity contribution in [3.8, 4) is 11.6 Å². The Morgan fingerprint density at radius 1 is 1.26 bits per heavy atom. The van der Waals surface area contributed by atoms with Crippen LogP contribution in [0, 0.1) is 13.8 Å². The van der Waals surface area contributed by atoms with Gasteiger partial charge in [-0.1, -0.05) is 40.5 Å². The monoisotopic (exact) mass is 340 g/mol. The molecule has 0 aliphatic carbocycles. The Labute approximate surface area is 126 Å². The SMILES string of the molecule is CCc1nc(Cl)c(C)c(Oc2cc(Br)ccc2C)n1. The highest BCUT2D eigenvalue weighted by Crippen LogP contribution is 2.30. The summed E-state index contributed by atoms with van der Waals surface area (Å²) in [5.74, 6) is 1.95. The molecule has 100 valence electrons. The van der Waals surface area contributed by atoms with E-state index in [-0.39, 0.29) is 0 Å². The summed E-state index contributed by atoms with van der Waals surface area (Å²) in [6.45, 7) is 5.82. The summed E-state index contributed by atoms with van der Waals surface area (Å²) in [5, 5.41) is 0.439. The number of aromatic nitrogens is 2. The van der Waals surface area contributed by atoms with E-state index in [1.165, 1.54) is 0 Å². The second kappa shape index (κ2) is 5.88. The topological polar surface area (TPSA) is 35.0 Å². The van der Waals surface area contributed by atoms with Crippen LogP contribution in [0.5, 0.6) is 11.6 Å². The van der Waals surface area contributed by atoms with Gasteiger partial charge in [-0.2, -0.15) is 4.98 Å². The van der Waals surface area contributed by atoms with E-state index in [0.29, 0.717) is 23.3 Å². The van der Waals surface area contributed by atoms with E-state index in [0.717, 1.165) is 21.3 Å². The molecule has 1 aromatic heterocycles. The van der Waals surface area contributed by atoms with Crippen molar-refractivity contribution in [2.45, 2.75) is 27.2 Å². The molecular formula is C14H14BrClN2O. The van der Waals surface area contributed by atoms with Gasteiger partial charge in [0, 0.05) is 16.5 Å². The molecule has 0 aliphatic rings. The van der Waals surface area contributed by atoms with Gasteiger partial charge in [-0.25, -0.2) is 4.98 Å². The molecule has 0 unspecified atom stereocenters. The van der Waals surface area contributed by atoms with Crippen molar-refractivity contribution in [1.82, 2.24) is 9.97 Å². The fourth-order valence-electron chi connectivity index (χ4n) is 1.56. The summed E-state index contributed by atoms with van der Waals surface area (Å²) in [5.41, 5.74) is 1.79. The van der Waals surface area contributed by atoms with Crippen LogP contribution in [0.4, 0.5) is 0 Å². The second-order valence-electron chi connectivity index (χ2n) is 4.23. The molecule has 0 amide bonds. The standard InChI is InChI=1S/C14H14BrClN2O/c1-4-12-17-13(16)9(3)14(18-12)19-11-7-10(15)6-5-8(11)2/h5-7H,4H2,1-3H3. The molecule has 5 heteroatoms. The Morgan fingerprint density at radius 2 is 2.00 bits per heavy atom. The Balaban J connectivity index is 2.42. The first-order valence-corrected chi connectivity index (χ1v) is 7.15. The van der Waals surface area contributed by atoms with Crippen molar-refractivity contribution in [3.63, 3.8) is 0 Å². The molecule has 0 bridgehead atoms. The molecule has 2 rings (SSSR count). The third kappa shape index (κ3) is 3.25. The lowest BCUT2D eigenvalue weighted by atomic mass is 10.2. The van der Waals surface area contributed by atoms with E-state index in [1.807, 2.05) is 39.0 Å². The van der Waals surface area contributed by atoms with Gasteiger partial charge in [0.15, 0.2) is 0 Å². The van der Waals surface area contributed by atoms with Crippen molar-refractivity contribution in [3.05, 3.63) is 44.8 Å². The fourth-order valence-corrected chi connectivity index (χ4v) is 2.08. The van der Waals surface area contributed by atoms with Crippen LogP contribution < -0.4 is 4.74 Å². The van der Waals surface area contributed by atoms with Crippen LogP contribution in [0.15, 0.2) is 22.7 Å². The highest BCUT2D eigenvalue weighted by Gasteiger charge is 2.12. The van der Waals surface area contributed by atoms with Crippen LogP contribution in [0.2, 0.25) is 5.15 Å². The lowest BCUT2D eigenvalue weighted by Crippen LogP contribution is -2.00. The molecule has 0 fully saturated rings. The van der Waals surface area contributed by atoms with Gasteiger partial charge in [0.05, 0.1) is 0 Å². The number of rotatable bonds is 3. The Morgan fingerprint density at radius 3 is 2.68 bits per heavy atom. The maximum Gasteiger partial charge on any atom is 0.227 e. The number of nitrogens with zero attached hydrogens (tertiary/aromatic N) is 2. The zero-order chi connectivity index (χ0) is 14.0. The van der Waals surface area contributed by atoms with E-state index in [2.05, 4.69) is 25.9 Å². The molecule has 0 saturated carbocycles. The van der Waals surface area contributed by atoms with Crippen molar-refractivity contribution < 1.29 is 4.74 Å². The minimum atomic E-state index is 0.439. The summed E-state index contributed by atoms with van der Waals surface area (Å²) in [7, 11) is 0. The van der Waals surface area contributed by atoms with Crippen LogP contribution in [-0.4, -0.2) is 9.97 Å². The lowest BCUT2D eigenvalue weighted by Gasteiger charge is -2.12. The normalized spacial score (nSPS) is 10.6. The molecule has 0 aliphatic heterocycles. The van der Waals surface area contributed by atoms with Crippen molar-refractivity contribution >= 4 is 27.5 Å². The second-order valence-corrected chi connectivity index (χ2v) is 5.50. The van der Waals surface area contributed by atoms with Crippen molar-refractivity contribution in [2.24, 2.45) is 0 Å². The minimum absolute atomic E-state index is 0.439. The lowest BCUT2D eigenvalue weighted by molar-refractivity contribution is 0.451. The smallest absolute Gasteiger partial charge is 0.227 e. The molecule has 0 spiro atoms. The Bertz CT molecular complexity index is 617. The third-order valence-corrected chi connectivity index (χ3v) is 3.62. The number of hydrogen-bond donors (Lipinski definition) is 0. The number of halogens is 2. The number of hydrogen-bond acceptors (Lipinski definition) is 3. The number of aryl methyl sites for hydroxylation is 2. The highest BCUT2D eigenvalue weighted by atomic mass is 79.9. The first-order chi connectivity index (χ1) is 9.01. The Kier molecular flexibility index (Phi) is 4.42. The van der Waals surface area contributed by atoms with Gasteiger partial charge in [0.25, 0.3) is 0 Å². The molecule has 19 heavy (non-hydrogen) atoms. The van der Waals surface area contributed by atoms with Crippen LogP contribution >= 0.6 is 27.5 Å². The van der Waals surface area contributed by atoms with Crippen LogP contribution in [0.25, 0.3) is 0 Å². The van der Waals surface area contributed by atoms with E-state index in [1.54, 1.807) is 0 Å². The first kappa shape index (κ1) is 14.3. The Hall–Kier alpha value is -1.13. The average Bonchev–Trinajstić information content (AvgIpc) is 2.38. The summed E-state index contributed by atoms with van der Waals surface area (Å²) >= 11 is 9.53. The molecule has 3 nitrogen and oxygen atoms in total. The van der Waals surface area contributed by atoms with Gasteiger partial charge in [-0.3, -0.25) is 0 Å². The zero-order valence-corrected chi connectivity index (χ0v) is 13.3. The van der Waals surface area contributed by atoms with Gasteiger partial charge in [0.2, 0.25) is 5.88 Å². The molecule has 0 radical (unpaired) electrons. The molecule has 1 heterocycles. The van der Waals surface area contributed by atoms with Gasteiger partial charge in [0.1, 0.15) is 16.7 Å². The van der Waals surface area contributed by atoms with Gasteiger partial charge in [-0.15, -0.1) is 0 Å². The van der Waals surface area contributed by atoms with Gasteiger partial charge in [-0.05, 0) is 31.5 Å². The third-order valence-electron chi connectivity index (χ3n) is 2.76. The average molecular weight is 342 g/mol.